The van der Waals surface area contributed by atoms with Gasteiger partial charge in [0.2, 0.25) is 0 Å². The van der Waals surface area contributed by atoms with Crippen LogP contribution in [-0.2, 0) is 0 Å². The molecule has 0 aliphatic heterocycles. The summed E-state index contributed by atoms with van der Waals surface area (Å²) < 4.78 is 6.25. The maximum absolute atomic E-state index is 12.0. The molecular weight excluding hydrogens is 300 g/mol. The summed E-state index contributed by atoms with van der Waals surface area (Å²) in [7, 11) is 0. The zero-order valence-electron chi connectivity index (χ0n) is 11.8. The van der Waals surface area contributed by atoms with Crippen LogP contribution in [0.4, 0.5) is 0 Å². The van der Waals surface area contributed by atoms with Gasteiger partial charge in [-0.3, -0.25) is 20.4 Å². The molecule has 3 rings (SSSR count). The molecule has 1 aromatic carbocycles. The van der Waals surface area contributed by atoms with E-state index in [1.54, 1.807) is 30.3 Å². The molecule has 0 aliphatic carbocycles. The SMILES string of the molecule is O=C(NNC(=O)c1nn(-c2ccccc2)cc1O)c1ccco1. The van der Waals surface area contributed by atoms with Crippen molar-refractivity contribution in [2.24, 2.45) is 0 Å². The van der Waals surface area contributed by atoms with Gasteiger partial charge in [0, 0.05) is 0 Å². The van der Waals surface area contributed by atoms with Gasteiger partial charge in [-0.15, -0.1) is 0 Å². The van der Waals surface area contributed by atoms with E-state index in [-0.39, 0.29) is 17.2 Å². The Morgan fingerprint density at radius 1 is 1.04 bits per heavy atom. The van der Waals surface area contributed by atoms with E-state index in [1.165, 1.54) is 23.2 Å². The number of nitrogens with zero attached hydrogens (tertiary/aromatic N) is 2. The monoisotopic (exact) mass is 312 g/mol. The number of aromatic hydroxyl groups is 1. The first-order chi connectivity index (χ1) is 11.1. The van der Waals surface area contributed by atoms with E-state index in [9.17, 15) is 14.7 Å². The molecule has 3 N–H and O–H groups in total. The van der Waals surface area contributed by atoms with E-state index in [2.05, 4.69) is 16.0 Å². The molecule has 0 saturated heterocycles. The number of hydrazine groups is 1. The van der Waals surface area contributed by atoms with Crippen molar-refractivity contribution in [2.45, 2.75) is 0 Å². The molecule has 0 radical (unpaired) electrons. The van der Waals surface area contributed by atoms with E-state index in [4.69, 9.17) is 4.42 Å². The molecule has 0 aliphatic rings. The van der Waals surface area contributed by atoms with Crippen molar-refractivity contribution in [3.05, 3.63) is 66.4 Å². The molecule has 23 heavy (non-hydrogen) atoms. The fourth-order valence-electron chi connectivity index (χ4n) is 1.88. The summed E-state index contributed by atoms with van der Waals surface area (Å²) in [5, 5.41) is 13.8. The topological polar surface area (TPSA) is 109 Å². The average Bonchev–Trinajstić information content (AvgIpc) is 3.23. The molecule has 0 bridgehead atoms. The molecule has 0 spiro atoms. The second kappa shape index (κ2) is 6.06. The van der Waals surface area contributed by atoms with Crippen molar-refractivity contribution < 1.29 is 19.1 Å². The number of rotatable bonds is 3. The summed E-state index contributed by atoms with van der Waals surface area (Å²) in [5.41, 5.74) is 4.79. The highest BCUT2D eigenvalue weighted by molar-refractivity contribution is 5.98. The molecule has 2 aromatic heterocycles. The largest absolute Gasteiger partial charge is 0.504 e. The fraction of sp³-hybridized carbons (Fsp3) is 0. The summed E-state index contributed by atoms with van der Waals surface area (Å²) in [6, 6.07) is 12.0. The molecular formula is C15H12N4O4. The fourth-order valence-corrected chi connectivity index (χ4v) is 1.88. The first-order valence-corrected chi connectivity index (χ1v) is 6.63. The van der Waals surface area contributed by atoms with E-state index in [0.29, 0.717) is 5.69 Å². The maximum atomic E-state index is 12.0. The van der Waals surface area contributed by atoms with Crippen molar-refractivity contribution >= 4 is 11.8 Å². The maximum Gasteiger partial charge on any atom is 0.305 e. The van der Waals surface area contributed by atoms with E-state index in [1.807, 2.05) is 6.07 Å². The number of hydrogen-bond donors (Lipinski definition) is 3. The third-order valence-corrected chi connectivity index (χ3v) is 2.97. The highest BCUT2D eigenvalue weighted by Crippen LogP contribution is 2.17. The van der Waals surface area contributed by atoms with Gasteiger partial charge in [0.25, 0.3) is 5.91 Å². The van der Waals surface area contributed by atoms with Crippen molar-refractivity contribution in [1.82, 2.24) is 20.6 Å². The first kappa shape index (κ1) is 14.4. The van der Waals surface area contributed by atoms with Crippen LogP contribution in [0.3, 0.4) is 0 Å². The Bertz CT molecular complexity index is 825. The van der Waals surface area contributed by atoms with Crippen LogP contribution in [0.25, 0.3) is 5.69 Å². The number of carbonyl (C=O) groups is 2. The minimum Gasteiger partial charge on any atom is -0.504 e. The van der Waals surface area contributed by atoms with Crippen LogP contribution in [0, 0.1) is 0 Å². The molecule has 0 fully saturated rings. The van der Waals surface area contributed by atoms with Crippen molar-refractivity contribution in [3.8, 4) is 11.4 Å². The number of nitrogens with one attached hydrogen (secondary N) is 2. The summed E-state index contributed by atoms with van der Waals surface area (Å²) in [4.78, 5) is 23.6. The van der Waals surface area contributed by atoms with Crippen molar-refractivity contribution in [1.29, 1.82) is 0 Å². The number of para-hydroxylation sites is 1. The quantitative estimate of drug-likeness (QED) is 0.630. The Balaban J connectivity index is 1.70. The molecule has 116 valence electrons. The number of aromatic nitrogens is 2. The predicted molar refractivity (Wildman–Crippen MR) is 78.9 cm³/mol. The summed E-state index contributed by atoms with van der Waals surface area (Å²) >= 11 is 0. The van der Waals surface area contributed by atoms with Gasteiger partial charge in [-0.1, -0.05) is 18.2 Å². The highest BCUT2D eigenvalue weighted by atomic mass is 16.3. The lowest BCUT2D eigenvalue weighted by molar-refractivity contribution is 0.0827. The van der Waals surface area contributed by atoms with Crippen LogP contribution in [0.15, 0.2) is 59.3 Å². The lowest BCUT2D eigenvalue weighted by Gasteiger charge is -2.04. The zero-order valence-corrected chi connectivity index (χ0v) is 11.8. The van der Waals surface area contributed by atoms with Gasteiger partial charge in [-0.05, 0) is 24.3 Å². The van der Waals surface area contributed by atoms with Gasteiger partial charge in [-0.25, -0.2) is 4.68 Å². The van der Waals surface area contributed by atoms with Crippen LogP contribution in [0.1, 0.15) is 21.0 Å². The molecule has 8 nitrogen and oxygen atoms in total. The molecule has 3 aromatic rings. The van der Waals surface area contributed by atoms with Crippen LogP contribution < -0.4 is 10.9 Å². The third kappa shape index (κ3) is 3.05. The zero-order chi connectivity index (χ0) is 16.2. The van der Waals surface area contributed by atoms with Crippen LogP contribution in [-0.4, -0.2) is 26.7 Å². The van der Waals surface area contributed by atoms with Crippen LogP contribution >= 0.6 is 0 Å². The molecule has 0 saturated carbocycles. The lowest BCUT2D eigenvalue weighted by atomic mass is 10.3. The standard InChI is InChI=1S/C15H12N4O4/c20-11-9-19(10-5-2-1-3-6-10)18-13(11)15(22)17-16-14(21)12-7-4-8-23-12/h1-9,20H,(H,16,21)(H,17,22). The molecule has 0 unspecified atom stereocenters. The van der Waals surface area contributed by atoms with E-state index < -0.39 is 11.8 Å². The van der Waals surface area contributed by atoms with Gasteiger partial charge < -0.3 is 9.52 Å². The van der Waals surface area contributed by atoms with Crippen LogP contribution in [0.2, 0.25) is 0 Å². The van der Waals surface area contributed by atoms with Gasteiger partial charge >= 0.3 is 5.91 Å². The van der Waals surface area contributed by atoms with Gasteiger partial charge in [0.1, 0.15) is 0 Å². The molecule has 0 atom stereocenters. The normalized spacial score (nSPS) is 10.3. The Labute approximate surface area is 130 Å². The van der Waals surface area contributed by atoms with E-state index in [0.717, 1.165) is 0 Å². The number of amides is 2. The average molecular weight is 312 g/mol. The predicted octanol–water partition coefficient (Wildman–Crippen LogP) is 1.25. The third-order valence-electron chi connectivity index (χ3n) is 2.97. The second-order valence-electron chi connectivity index (χ2n) is 4.53. The summed E-state index contributed by atoms with van der Waals surface area (Å²) in [5.74, 6) is -1.63. The number of furan rings is 1. The number of hydrogen-bond acceptors (Lipinski definition) is 5. The minimum atomic E-state index is -0.753. The van der Waals surface area contributed by atoms with Crippen molar-refractivity contribution in [2.75, 3.05) is 0 Å². The molecule has 2 heterocycles. The van der Waals surface area contributed by atoms with Crippen molar-refractivity contribution in [3.63, 3.8) is 0 Å². The lowest BCUT2D eigenvalue weighted by Crippen LogP contribution is -2.41. The molecule has 8 heteroatoms. The Morgan fingerprint density at radius 2 is 1.78 bits per heavy atom. The summed E-state index contributed by atoms with van der Waals surface area (Å²) in [6.07, 6.45) is 2.64. The first-order valence-electron chi connectivity index (χ1n) is 6.63. The van der Waals surface area contributed by atoms with E-state index >= 15 is 0 Å². The Hall–Kier alpha value is -3.55. The Kier molecular flexibility index (Phi) is 3.79. The van der Waals surface area contributed by atoms with Crippen LogP contribution in [0.5, 0.6) is 5.75 Å². The van der Waals surface area contributed by atoms with Gasteiger partial charge in [0.05, 0.1) is 18.1 Å². The second-order valence-corrected chi connectivity index (χ2v) is 4.53. The highest BCUT2D eigenvalue weighted by Gasteiger charge is 2.18. The van der Waals surface area contributed by atoms with Gasteiger partial charge in [0.15, 0.2) is 17.2 Å². The summed E-state index contributed by atoms with van der Waals surface area (Å²) in [6.45, 7) is 0. The Morgan fingerprint density at radius 3 is 2.48 bits per heavy atom. The number of benzene rings is 1. The number of carbonyl (C=O) groups excluding carboxylic acids is 2. The smallest absolute Gasteiger partial charge is 0.305 e. The van der Waals surface area contributed by atoms with Gasteiger partial charge in [-0.2, -0.15) is 5.10 Å². The minimum absolute atomic E-state index is 0.0457. The molecule has 2 amide bonds.